The van der Waals surface area contributed by atoms with Gasteiger partial charge in [-0.2, -0.15) is 0 Å². The molecule has 0 atom stereocenters. The maximum Gasteiger partial charge on any atom is 0.164 e. The van der Waals surface area contributed by atoms with Crippen LogP contribution in [0, 0.1) is 0 Å². The molecule has 9 aromatic carbocycles. The first kappa shape index (κ1) is 36.1. The lowest BCUT2D eigenvalue weighted by Crippen LogP contribution is -2.28. The highest BCUT2D eigenvalue weighted by Crippen LogP contribution is 2.56. The van der Waals surface area contributed by atoms with Crippen molar-refractivity contribution in [3.63, 3.8) is 0 Å². The molecule has 0 saturated carbocycles. The minimum Gasteiger partial charge on any atom is -0.208 e. The average Bonchev–Trinajstić information content (AvgIpc) is 3.88. The number of hydrogen-bond acceptors (Lipinski definition) is 4. The number of aromatic nitrogens is 3. The van der Waals surface area contributed by atoms with Crippen molar-refractivity contribution < 1.29 is 0 Å². The summed E-state index contributed by atoms with van der Waals surface area (Å²) in [6.45, 7) is 0. The molecule has 1 aliphatic rings. The number of fused-ring (bicyclic) bond motifs is 6. The molecule has 11 aromatic rings. The van der Waals surface area contributed by atoms with E-state index in [0.717, 1.165) is 38.9 Å². The summed E-state index contributed by atoms with van der Waals surface area (Å²) in [5, 5.41) is 2.59. The molecule has 0 amide bonds. The first-order chi connectivity index (χ1) is 30.7. The Labute approximate surface area is 364 Å². The summed E-state index contributed by atoms with van der Waals surface area (Å²) < 4.78 is 2.60. The zero-order valence-electron chi connectivity index (χ0n) is 33.6. The van der Waals surface area contributed by atoms with E-state index in [9.17, 15) is 0 Å². The normalized spacial score (nSPS) is 12.6. The summed E-state index contributed by atoms with van der Waals surface area (Å²) in [7, 11) is 0. The van der Waals surface area contributed by atoms with Crippen molar-refractivity contribution in [3.05, 3.63) is 247 Å². The largest absolute Gasteiger partial charge is 0.208 e. The third-order valence-electron chi connectivity index (χ3n) is 12.4. The highest BCUT2D eigenvalue weighted by molar-refractivity contribution is 7.25. The lowest BCUT2D eigenvalue weighted by molar-refractivity contribution is 0.770. The standard InChI is InChI=1S/C58H37N3S/c1-3-15-38(16-4-1)41-19-13-21-43(35-41)56-59-55(60-57(61-56)44-22-14-20-42(36-44)39-17-5-2-6-18-39)40-29-31-45(32-30-40)58(51-26-10-7-23-47(51)48-24-8-11-27-52(48)58)46-33-34-54-50(37-46)49-25-9-12-28-53(49)62-54/h1-37H. The Hall–Kier alpha value is -7.79. The molecular weight excluding hydrogens is 771 g/mol. The fourth-order valence-electron chi connectivity index (χ4n) is 9.55. The second-order valence-electron chi connectivity index (χ2n) is 15.9. The van der Waals surface area contributed by atoms with Crippen LogP contribution in [-0.4, -0.2) is 15.0 Å². The van der Waals surface area contributed by atoms with Crippen molar-refractivity contribution in [2.24, 2.45) is 0 Å². The minimum absolute atomic E-state index is 0.547. The molecule has 4 heteroatoms. The van der Waals surface area contributed by atoms with E-state index in [4.69, 9.17) is 15.0 Å². The first-order valence-electron chi connectivity index (χ1n) is 21.0. The predicted molar refractivity (Wildman–Crippen MR) is 257 cm³/mol. The van der Waals surface area contributed by atoms with Gasteiger partial charge in [-0.15, -0.1) is 11.3 Å². The maximum atomic E-state index is 5.23. The molecule has 0 spiro atoms. The summed E-state index contributed by atoms with van der Waals surface area (Å²) in [4.78, 5) is 15.6. The van der Waals surface area contributed by atoms with E-state index >= 15 is 0 Å². The Morgan fingerprint density at radius 3 is 1.34 bits per heavy atom. The summed E-state index contributed by atoms with van der Waals surface area (Å²) in [5.74, 6) is 1.88. The Morgan fingerprint density at radius 2 is 0.742 bits per heavy atom. The van der Waals surface area contributed by atoms with Crippen LogP contribution in [0.2, 0.25) is 0 Å². The summed E-state index contributed by atoms with van der Waals surface area (Å²) >= 11 is 1.86. The molecule has 0 aliphatic heterocycles. The van der Waals surface area contributed by atoms with Gasteiger partial charge in [0.05, 0.1) is 5.41 Å². The van der Waals surface area contributed by atoms with Gasteiger partial charge < -0.3 is 0 Å². The van der Waals surface area contributed by atoms with E-state index in [1.165, 1.54) is 53.6 Å². The predicted octanol–water partition coefficient (Wildman–Crippen LogP) is 14.9. The smallest absolute Gasteiger partial charge is 0.164 e. The van der Waals surface area contributed by atoms with Gasteiger partial charge in [-0.1, -0.05) is 194 Å². The number of thiophene rings is 1. The van der Waals surface area contributed by atoms with Crippen molar-refractivity contribution >= 4 is 31.5 Å². The van der Waals surface area contributed by atoms with E-state index < -0.39 is 5.41 Å². The van der Waals surface area contributed by atoms with Crippen molar-refractivity contribution in [1.29, 1.82) is 0 Å². The minimum atomic E-state index is -0.547. The lowest BCUT2D eigenvalue weighted by atomic mass is 9.67. The average molecular weight is 808 g/mol. The second kappa shape index (κ2) is 14.7. The summed E-state index contributed by atoms with van der Waals surface area (Å²) in [5.41, 5.74) is 14.3. The Kier molecular flexibility index (Phi) is 8.58. The molecule has 62 heavy (non-hydrogen) atoms. The molecule has 0 bridgehead atoms. The summed E-state index contributed by atoms with van der Waals surface area (Å²) in [6, 6.07) is 80.6. The van der Waals surface area contributed by atoms with Crippen LogP contribution in [-0.2, 0) is 5.41 Å². The first-order valence-corrected chi connectivity index (χ1v) is 21.8. The molecule has 0 radical (unpaired) electrons. The Morgan fingerprint density at radius 1 is 0.290 bits per heavy atom. The Bertz CT molecular complexity index is 3320. The van der Waals surface area contributed by atoms with Crippen LogP contribution < -0.4 is 0 Å². The van der Waals surface area contributed by atoms with Crippen LogP contribution in [0.1, 0.15) is 22.3 Å². The summed E-state index contributed by atoms with van der Waals surface area (Å²) in [6.07, 6.45) is 0. The van der Waals surface area contributed by atoms with Crippen molar-refractivity contribution in [3.8, 4) is 67.5 Å². The van der Waals surface area contributed by atoms with E-state index in [2.05, 4.69) is 212 Å². The van der Waals surface area contributed by atoms with Gasteiger partial charge in [0.15, 0.2) is 17.5 Å². The third kappa shape index (κ3) is 5.91. The molecule has 2 heterocycles. The van der Waals surface area contributed by atoms with Crippen molar-refractivity contribution in [2.75, 3.05) is 0 Å². The van der Waals surface area contributed by atoms with Crippen LogP contribution in [0.5, 0.6) is 0 Å². The third-order valence-corrected chi connectivity index (χ3v) is 13.6. The van der Waals surface area contributed by atoms with Crippen LogP contribution in [0.3, 0.4) is 0 Å². The van der Waals surface area contributed by atoms with E-state index in [1.54, 1.807) is 0 Å². The second-order valence-corrected chi connectivity index (χ2v) is 17.0. The van der Waals surface area contributed by atoms with Crippen LogP contribution in [0.25, 0.3) is 87.7 Å². The molecule has 3 nitrogen and oxygen atoms in total. The number of nitrogens with zero attached hydrogens (tertiary/aromatic N) is 3. The maximum absolute atomic E-state index is 5.23. The number of benzene rings is 9. The molecule has 0 fully saturated rings. The van der Waals surface area contributed by atoms with Crippen LogP contribution in [0.4, 0.5) is 0 Å². The molecule has 1 aliphatic carbocycles. The van der Waals surface area contributed by atoms with Gasteiger partial charge in [0, 0.05) is 36.9 Å². The molecule has 0 N–H and O–H groups in total. The highest BCUT2D eigenvalue weighted by atomic mass is 32.1. The van der Waals surface area contributed by atoms with Crippen LogP contribution in [0.15, 0.2) is 224 Å². The zero-order valence-corrected chi connectivity index (χ0v) is 34.4. The monoisotopic (exact) mass is 807 g/mol. The molecule has 290 valence electrons. The van der Waals surface area contributed by atoms with Gasteiger partial charge in [-0.3, -0.25) is 0 Å². The molecule has 2 aromatic heterocycles. The van der Waals surface area contributed by atoms with Gasteiger partial charge in [0.25, 0.3) is 0 Å². The highest BCUT2D eigenvalue weighted by Gasteiger charge is 2.46. The molecule has 0 saturated heterocycles. The molecular formula is C58H37N3S. The van der Waals surface area contributed by atoms with E-state index in [0.29, 0.717) is 17.5 Å². The quantitative estimate of drug-likeness (QED) is 0.161. The van der Waals surface area contributed by atoms with Gasteiger partial charge in [-0.05, 0) is 86.0 Å². The topological polar surface area (TPSA) is 38.7 Å². The SMILES string of the molecule is c1ccc(-c2cccc(-c3nc(-c4ccc(C5(c6ccc7sc8ccccc8c7c6)c6ccccc6-c6ccccc65)cc4)nc(-c4cccc(-c5ccccc5)c4)n3)c2)cc1. The van der Waals surface area contributed by atoms with Gasteiger partial charge >= 0.3 is 0 Å². The van der Waals surface area contributed by atoms with Gasteiger partial charge in [0.1, 0.15) is 0 Å². The molecule has 0 unspecified atom stereocenters. The Balaban J connectivity index is 1.04. The van der Waals surface area contributed by atoms with Crippen molar-refractivity contribution in [2.45, 2.75) is 5.41 Å². The fourth-order valence-corrected chi connectivity index (χ4v) is 10.6. The van der Waals surface area contributed by atoms with Gasteiger partial charge in [0.2, 0.25) is 0 Å². The lowest BCUT2D eigenvalue weighted by Gasteiger charge is -2.34. The fraction of sp³-hybridized carbons (Fsp3) is 0.0172. The number of hydrogen-bond donors (Lipinski definition) is 0. The van der Waals surface area contributed by atoms with Crippen molar-refractivity contribution in [1.82, 2.24) is 15.0 Å². The molecule has 12 rings (SSSR count). The van der Waals surface area contributed by atoms with Crippen LogP contribution >= 0.6 is 11.3 Å². The zero-order chi connectivity index (χ0) is 41.0. The van der Waals surface area contributed by atoms with E-state index in [1.807, 2.05) is 23.5 Å². The van der Waals surface area contributed by atoms with E-state index in [-0.39, 0.29) is 0 Å². The van der Waals surface area contributed by atoms with Gasteiger partial charge in [-0.25, -0.2) is 15.0 Å². The number of rotatable bonds is 7.